The van der Waals surface area contributed by atoms with Gasteiger partial charge in [-0.25, -0.2) is 0 Å². The van der Waals surface area contributed by atoms with Crippen LogP contribution in [0.2, 0.25) is 0 Å². The van der Waals surface area contributed by atoms with Crippen LogP contribution in [0.1, 0.15) is 61.1 Å². The summed E-state index contributed by atoms with van der Waals surface area (Å²) in [5, 5.41) is 0. The molecule has 6 nitrogen and oxygen atoms in total. The fraction of sp³-hybridized carbons (Fsp3) is 0.429. The molecule has 0 saturated carbocycles. The van der Waals surface area contributed by atoms with Gasteiger partial charge in [-0.05, 0) is 59.8 Å². The van der Waals surface area contributed by atoms with E-state index in [4.69, 9.17) is 27.2 Å². The van der Waals surface area contributed by atoms with Crippen LogP contribution in [0.4, 0.5) is 0 Å². The maximum absolute atomic E-state index is 6.75. The van der Waals surface area contributed by atoms with Gasteiger partial charge in [0.15, 0.2) is 0 Å². The second kappa shape index (κ2) is 19.3. The first-order valence-corrected chi connectivity index (χ1v) is 19.1. The summed E-state index contributed by atoms with van der Waals surface area (Å²) in [6, 6.07) is 37.5. The summed E-state index contributed by atoms with van der Waals surface area (Å²) in [5.74, 6) is 0. The van der Waals surface area contributed by atoms with E-state index < -0.39 is 9.05 Å². The number of benzene rings is 4. The molecule has 0 heterocycles. The molecule has 0 bridgehead atoms. The van der Waals surface area contributed by atoms with E-state index in [0.717, 1.165) is 24.0 Å². The van der Waals surface area contributed by atoms with Gasteiger partial charge in [0.2, 0.25) is 0 Å². The van der Waals surface area contributed by atoms with Crippen LogP contribution in [0.3, 0.4) is 0 Å². The van der Waals surface area contributed by atoms with E-state index >= 15 is 0 Å². The van der Waals surface area contributed by atoms with Gasteiger partial charge in [0.25, 0.3) is 0 Å². The monoisotopic (exact) mass is 684 g/mol. The standard InChI is InChI=1S/C42H56O6Si/c1-35-15-13-21-39(27-35)29-41(3,4)33-47-49(45-25-23-43-31-37-17-9-7-10-18-37,46-26-24-44-32-38-19-11-8-12-20-38)48-34-42(5,6)30-40-22-14-16-36(2)28-40/h7-22,27-28H,23-26,29-34H2,1-6H3. The minimum atomic E-state index is -3.69. The summed E-state index contributed by atoms with van der Waals surface area (Å²) >= 11 is 0. The molecule has 0 atom stereocenters. The highest BCUT2D eigenvalue weighted by molar-refractivity contribution is 6.53. The summed E-state index contributed by atoms with van der Waals surface area (Å²) in [5.41, 5.74) is 6.85. The summed E-state index contributed by atoms with van der Waals surface area (Å²) in [4.78, 5) is 0. The summed E-state index contributed by atoms with van der Waals surface area (Å²) in [7, 11) is -3.69. The van der Waals surface area contributed by atoms with Crippen LogP contribution < -0.4 is 0 Å². The molecule has 0 unspecified atom stereocenters. The molecule has 0 N–H and O–H groups in total. The molecule has 4 rings (SSSR count). The zero-order chi connectivity index (χ0) is 35.0. The van der Waals surface area contributed by atoms with Crippen LogP contribution in [0, 0.1) is 24.7 Å². The first kappa shape index (κ1) is 38.7. The van der Waals surface area contributed by atoms with Gasteiger partial charge in [-0.15, -0.1) is 0 Å². The number of rotatable bonds is 22. The number of hydrogen-bond acceptors (Lipinski definition) is 6. The van der Waals surface area contributed by atoms with E-state index in [9.17, 15) is 0 Å². The van der Waals surface area contributed by atoms with Crippen LogP contribution in [0.5, 0.6) is 0 Å². The molecular formula is C42H56O6Si. The van der Waals surface area contributed by atoms with Crippen molar-refractivity contribution in [1.82, 2.24) is 0 Å². The topological polar surface area (TPSA) is 55.4 Å². The van der Waals surface area contributed by atoms with Gasteiger partial charge in [0.05, 0.1) is 39.6 Å². The third kappa shape index (κ3) is 14.7. The third-order valence-electron chi connectivity index (χ3n) is 8.05. The molecule has 4 aromatic rings. The van der Waals surface area contributed by atoms with Crippen LogP contribution in [-0.4, -0.2) is 48.7 Å². The average Bonchev–Trinajstić information content (AvgIpc) is 3.07. The van der Waals surface area contributed by atoms with Gasteiger partial charge >= 0.3 is 9.05 Å². The first-order valence-electron chi connectivity index (χ1n) is 17.4. The van der Waals surface area contributed by atoms with Gasteiger partial charge in [-0.2, -0.15) is 0 Å². The van der Waals surface area contributed by atoms with Crippen LogP contribution in [0.25, 0.3) is 0 Å². The molecule has 0 aromatic heterocycles. The van der Waals surface area contributed by atoms with Crippen molar-refractivity contribution in [1.29, 1.82) is 0 Å². The second-order valence-electron chi connectivity index (χ2n) is 14.5. The van der Waals surface area contributed by atoms with Crippen molar-refractivity contribution in [2.24, 2.45) is 10.8 Å². The largest absolute Gasteiger partial charge is 0.679 e. The molecule has 49 heavy (non-hydrogen) atoms. The van der Waals surface area contributed by atoms with Crippen molar-refractivity contribution in [2.75, 3.05) is 39.6 Å². The fourth-order valence-corrected chi connectivity index (χ4v) is 7.95. The first-order chi connectivity index (χ1) is 23.5. The Labute approximate surface area is 296 Å². The normalized spacial score (nSPS) is 12.4. The van der Waals surface area contributed by atoms with E-state index in [-0.39, 0.29) is 24.0 Å². The number of hydrogen-bond donors (Lipinski definition) is 0. The van der Waals surface area contributed by atoms with E-state index in [2.05, 4.69) is 114 Å². The Morgan fingerprint density at radius 1 is 0.449 bits per heavy atom. The summed E-state index contributed by atoms with van der Waals surface area (Å²) in [6.45, 7) is 16.2. The second-order valence-corrected chi connectivity index (χ2v) is 16.7. The maximum atomic E-state index is 6.75. The third-order valence-corrected chi connectivity index (χ3v) is 10.2. The molecule has 0 fully saturated rings. The van der Waals surface area contributed by atoms with Crippen molar-refractivity contribution in [2.45, 2.75) is 67.6 Å². The molecule has 0 aliphatic carbocycles. The van der Waals surface area contributed by atoms with E-state index in [1.165, 1.54) is 22.3 Å². The van der Waals surface area contributed by atoms with Crippen LogP contribution in [-0.2, 0) is 53.2 Å². The zero-order valence-electron chi connectivity index (χ0n) is 30.4. The van der Waals surface area contributed by atoms with Gasteiger partial charge in [-0.3, -0.25) is 0 Å². The Kier molecular flexibility index (Phi) is 15.2. The van der Waals surface area contributed by atoms with E-state index in [1.54, 1.807) is 0 Å². The summed E-state index contributed by atoms with van der Waals surface area (Å²) in [6.07, 6.45) is 1.69. The maximum Gasteiger partial charge on any atom is 0.679 e. The Morgan fingerprint density at radius 2 is 0.837 bits per heavy atom. The lowest BCUT2D eigenvalue weighted by molar-refractivity contribution is -0.0769. The molecule has 264 valence electrons. The lowest BCUT2D eigenvalue weighted by Crippen LogP contribution is -2.53. The Hall–Kier alpha value is -3.14. The quantitative estimate of drug-likeness (QED) is 0.0608. The molecule has 4 aromatic carbocycles. The molecule has 0 spiro atoms. The highest BCUT2D eigenvalue weighted by Gasteiger charge is 2.48. The average molecular weight is 685 g/mol. The molecule has 0 saturated heterocycles. The van der Waals surface area contributed by atoms with Crippen molar-refractivity contribution in [3.63, 3.8) is 0 Å². The molecule has 7 heteroatoms. The predicted molar refractivity (Wildman–Crippen MR) is 199 cm³/mol. The molecule has 0 aliphatic heterocycles. The van der Waals surface area contributed by atoms with Crippen LogP contribution >= 0.6 is 0 Å². The minimum Gasteiger partial charge on any atom is -0.374 e. The van der Waals surface area contributed by atoms with Gasteiger partial charge in [0, 0.05) is 13.2 Å². The van der Waals surface area contributed by atoms with Gasteiger partial charge in [-0.1, -0.05) is 148 Å². The van der Waals surface area contributed by atoms with E-state index in [1.807, 2.05) is 36.4 Å². The zero-order valence-corrected chi connectivity index (χ0v) is 31.4. The van der Waals surface area contributed by atoms with Gasteiger partial charge in [0.1, 0.15) is 0 Å². The Bertz CT molecular complexity index is 1390. The predicted octanol–water partition coefficient (Wildman–Crippen LogP) is 9.08. The fourth-order valence-electron chi connectivity index (χ4n) is 5.65. The molecular weight excluding hydrogens is 629 g/mol. The van der Waals surface area contributed by atoms with Crippen molar-refractivity contribution in [3.05, 3.63) is 143 Å². The van der Waals surface area contributed by atoms with Crippen molar-refractivity contribution >= 4 is 9.05 Å². The van der Waals surface area contributed by atoms with Crippen molar-refractivity contribution < 1.29 is 27.2 Å². The highest BCUT2D eigenvalue weighted by Crippen LogP contribution is 2.29. The minimum absolute atomic E-state index is 0.202. The highest BCUT2D eigenvalue weighted by atomic mass is 28.4. The lowest BCUT2D eigenvalue weighted by Gasteiger charge is -2.35. The SMILES string of the molecule is Cc1cccc(CC(C)(C)CO[Si](OCCOCc2ccccc2)(OCCOCc2ccccc2)OCC(C)(C)Cc2cccc(C)c2)c1. The molecule has 0 aliphatic rings. The molecule has 0 amide bonds. The van der Waals surface area contributed by atoms with E-state index in [0.29, 0.717) is 39.6 Å². The van der Waals surface area contributed by atoms with Crippen LogP contribution in [0.15, 0.2) is 109 Å². The number of aryl methyl sites for hydroxylation is 2. The number of ether oxygens (including phenoxy) is 2. The Morgan fingerprint density at radius 3 is 1.22 bits per heavy atom. The van der Waals surface area contributed by atoms with Gasteiger partial charge < -0.3 is 27.2 Å². The Balaban J connectivity index is 1.48. The summed E-state index contributed by atoms with van der Waals surface area (Å²) < 4.78 is 38.6. The van der Waals surface area contributed by atoms with Crippen molar-refractivity contribution in [3.8, 4) is 0 Å². The molecule has 0 radical (unpaired) electrons. The lowest BCUT2D eigenvalue weighted by atomic mass is 9.86. The smallest absolute Gasteiger partial charge is 0.374 e.